The number of aryl methyl sites for hydroxylation is 1. The summed E-state index contributed by atoms with van der Waals surface area (Å²) in [5.41, 5.74) is -0.259. The number of nitrogens with zero attached hydrogens (tertiary/aromatic N) is 4. The van der Waals surface area contributed by atoms with E-state index in [2.05, 4.69) is 25.6 Å². The van der Waals surface area contributed by atoms with E-state index >= 15 is 0 Å². The Morgan fingerprint density at radius 1 is 1.18 bits per heavy atom. The molecule has 3 heterocycles. The van der Waals surface area contributed by atoms with Gasteiger partial charge in [-0.1, -0.05) is 11.6 Å². The molecule has 8 nitrogen and oxygen atoms in total. The number of amides is 2. The van der Waals surface area contributed by atoms with E-state index in [1.165, 1.54) is 6.07 Å². The van der Waals surface area contributed by atoms with Crippen molar-refractivity contribution in [3.63, 3.8) is 0 Å². The van der Waals surface area contributed by atoms with Gasteiger partial charge in [-0.05, 0) is 44.7 Å². The normalized spacial score (nSPS) is 18.7. The number of piperidine rings is 1. The molecule has 1 atom stereocenters. The molecule has 176 valence electrons. The summed E-state index contributed by atoms with van der Waals surface area (Å²) in [5.74, 6) is -0.281. The van der Waals surface area contributed by atoms with Crippen molar-refractivity contribution in [1.82, 2.24) is 20.3 Å². The van der Waals surface area contributed by atoms with Crippen molar-refractivity contribution in [3.05, 3.63) is 40.3 Å². The lowest BCUT2D eigenvalue weighted by atomic mass is 10.1. The Morgan fingerprint density at radius 3 is 2.61 bits per heavy atom. The van der Waals surface area contributed by atoms with Crippen molar-refractivity contribution in [1.29, 1.82) is 0 Å². The Balaban J connectivity index is 1.43. The molecule has 0 spiro atoms. The first kappa shape index (κ1) is 23.2. The summed E-state index contributed by atoms with van der Waals surface area (Å²) in [6.07, 6.45) is -0.738. The molecule has 33 heavy (non-hydrogen) atoms. The van der Waals surface area contributed by atoms with Crippen molar-refractivity contribution in [3.8, 4) is 0 Å². The van der Waals surface area contributed by atoms with Crippen molar-refractivity contribution < 1.29 is 22.8 Å². The molecule has 1 saturated carbocycles. The highest BCUT2D eigenvalue weighted by molar-refractivity contribution is 6.33. The third-order valence-corrected chi connectivity index (χ3v) is 5.75. The molecule has 2 fully saturated rings. The topological polar surface area (TPSA) is 100 Å². The lowest BCUT2D eigenvalue weighted by molar-refractivity contribution is -0.137. The van der Waals surface area contributed by atoms with Crippen LogP contribution in [-0.4, -0.2) is 45.9 Å². The molecular formula is C21H22ClF3N6O2. The zero-order valence-electron chi connectivity index (χ0n) is 17.7. The molecule has 0 aromatic carbocycles. The second-order valence-electron chi connectivity index (χ2n) is 8.27. The van der Waals surface area contributed by atoms with E-state index in [1.807, 2.05) is 0 Å². The number of carbonyl (C=O) groups is 2. The van der Waals surface area contributed by atoms with Gasteiger partial charge in [0.1, 0.15) is 11.5 Å². The zero-order valence-corrected chi connectivity index (χ0v) is 18.5. The second-order valence-corrected chi connectivity index (χ2v) is 8.67. The molecule has 1 saturated heterocycles. The molecule has 2 aromatic heterocycles. The highest BCUT2D eigenvalue weighted by atomic mass is 35.5. The van der Waals surface area contributed by atoms with Gasteiger partial charge in [0, 0.05) is 36.9 Å². The van der Waals surface area contributed by atoms with Gasteiger partial charge in [-0.15, -0.1) is 0 Å². The quantitative estimate of drug-likeness (QED) is 0.675. The molecule has 1 aliphatic carbocycles. The Kier molecular flexibility index (Phi) is 6.42. The number of pyridine rings is 1. The predicted molar refractivity (Wildman–Crippen MR) is 115 cm³/mol. The van der Waals surface area contributed by atoms with E-state index in [0.29, 0.717) is 31.6 Å². The molecule has 2 amide bonds. The maximum absolute atomic E-state index is 12.9. The van der Waals surface area contributed by atoms with Crippen LogP contribution in [0.4, 0.5) is 24.9 Å². The fourth-order valence-electron chi connectivity index (χ4n) is 3.66. The maximum atomic E-state index is 12.9. The highest BCUT2D eigenvalue weighted by Gasteiger charge is 2.33. The van der Waals surface area contributed by atoms with E-state index in [1.54, 1.807) is 11.8 Å². The number of alkyl halides is 3. The Hall–Kier alpha value is -2.95. The van der Waals surface area contributed by atoms with Gasteiger partial charge in [-0.25, -0.2) is 15.0 Å². The highest BCUT2D eigenvalue weighted by Crippen LogP contribution is 2.34. The minimum atomic E-state index is -4.53. The minimum absolute atomic E-state index is 0.0229. The molecule has 0 bridgehead atoms. The second kappa shape index (κ2) is 9.12. The number of rotatable bonds is 5. The standard InChI is InChI=1S/C21H22ClF3N6O2/c1-11-7-16(29-20(27-11)30-18(32)12-4-5-12)19(33)28-14-3-2-6-31(10-14)17-15(22)8-13(9-26-17)21(23,24)25/h7-9,12,14H,2-6,10H2,1H3,(H,28,33)(H,27,29,30,32)/t14-/m1/s1. The van der Waals surface area contributed by atoms with E-state index in [9.17, 15) is 22.8 Å². The van der Waals surface area contributed by atoms with E-state index in [4.69, 9.17) is 11.6 Å². The maximum Gasteiger partial charge on any atom is 0.417 e. The van der Waals surface area contributed by atoms with Crippen LogP contribution in [0.1, 0.15) is 47.4 Å². The third-order valence-electron chi connectivity index (χ3n) is 5.48. The SMILES string of the molecule is Cc1cc(C(=O)N[C@@H]2CCCN(c3ncc(C(F)(F)F)cc3Cl)C2)nc(NC(=O)C2CC2)n1. The first-order valence-corrected chi connectivity index (χ1v) is 10.9. The predicted octanol–water partition coefficient (Wildman–Crippen LogP) is 3.60. The van der Waals surface area contributed by atoms with Gasteiger partial charge in [-0.3, -0.25) is 14.9 Å². The van der Waals surface area contributed by atoms with E-state index < -0.39 is 17.6 Å². The van der Waals surface area contributed by atoms with E-state index in [-0.39, 0.29) is 40.3 Å². The van der Waals surface area contributed by atoms with E-state index in [0.717, 1.165) is 25.1 Å². The number of nitrogens with one attached hydrogen (secondary N) is 2. The molecule has 0 unspecified atom stereocenters. The average molecular weight is 483 g/mol. The van der Waals surface area contributed by atoms with Crippen LogP contribution in [0.15, 0.2) is 18.3 Å². The van der Waals surface area contributed by atoms with Crippen LogP contribution in [-0.2, 0) is 11.0 Å². The zero-order chi connectivity index (χ0) is 23.8. The van der Waals surface area contributed by atoms with Crippen molar-refractivity contribution in [2.75, 3.05) is 23.3 Å². The Labute approximate surface area is 192 Å². The Morgan fingerprint density at radius 2 is 1.94 bits per heavy atom. The van der Waals surface area contributed by atoms with Crippen molar-refractivity contribution in [2.45, 2.75) is 44.8 Å². The van der Waals surface area contributed by atoms with Crippen LogP contribution < -0.4 is 15.5 Å². The van der Waals surface area contributed by atoms with Gasteiger partial charge in [0.25, 0.3) is 5.91 Å². The van der Waals surface area contributed by atoms with Gasteiger partial charge in [0.05, 0.1) is 10.6 Å². The fraction of sp³-hybridized carbons (Fsp3) is 0.476. The molecule has 12 heteroatoms. The van der Waals surface area contributed by atoms with Gasteiger partial charge in [-0.2, -0.15) is 13.2 Å². The van der Waals surface area contributed by atoms with Gasteiger partial charge in [0.15, 0.2) is 0 Å². The summed E-state index contributed by atoms with van der Waals surface area (Å²) < 4.78 is 38.7. The molecule has 2 aliphatic rings. The number of anilines is 2. The largest absolute Gasteiger partial charge is 0.417 e. The average Bonchev–Trinajstić information content (AvgIpc) is 3.58. The van der Waals surface area contributed by atoms with Crippen LogP contribution in [0.5, 0.6) is 0 Å². The van der Waals surface area contributed by atoms with Crippen LogP contribution in [0.3, 0.4) is 0 Å². The molecule has 1 aliphatic heterocycles. The number of halogens is 4. The molecule has 2 N–H and O–H groups in total. The van der Waals surface area contributed by atoms with Crippen LogP contribution in [0, 0.1) is 12.8 Å². The summed E-state index contributed by atoms with van der Waals surface area (Å²) in [4.78, 5) is 38.8. The number of hydrogen-bond donors (Lipinski definition) is 2. The van der Waals surface area contributed by atoms with Crippen LogP contribution >= 0.6 is 11.6 Å². The van der Waals surface area contributed by atoms with Crippen molar-refractivity contribution in [2.24, 2.45) is 5.92 Å². The van der Waals surface area contributed by atoms with Crippen molar-refractivity contribution >= 4 is 35.2 Å². The molecule has 2 aromatic rings. The monoisotopic (exact) mass is 482 g/mol. The Bertz CT molecular complexity index is 1080. The molecule has 4 rings (SSSR count). The third kappa shape index (κ3) is 5.70. The first-order valence-electron chi connectivity index (χ1n) is 10.6. The fourth-order valence-corrected chi connectivity index (χ4v) is 3.95. The van der Waals surface area contributed by atoms with Gasteiger partial charge in [0.2, 0.25) is 11.9 Å². The van der Waals surface area contributed by atoms with Gasteiger partial charge < -0.3 is 10.2 Å². The summed E-state index contributed by atoms with van der Waals surface area (Å²) in [5, 5.41) is 5.44. The first-order chi connectivity index (χ1) is 15.6. The number of aromatic nitrogens is 3. The summed E-state index contributed by atoms with van der Waals surface area (Å²) >= 11 is 6.08. The number of hydrogen-bond acceptors (Lipinski definition) is 6. The summed E-state index contributed by atoms with van der Waals surface area (Å²) in [6.45, 7) is 2.58. The summed E-state index contributed by atoms with van der Waals surface area (Å²) in [7, 11) is 0. The van der Waals surface area contributed by atoms with Crippen LogP contribution in [0.2, 0.25) is 5.02 Å². The minimum Gasteiger partial charge on any atom is -0.353 e. The van der Waals surface area contributed by atoms with Crippen LogP contribution in [0.25, 0.3) is 0 Å². The molecule has 0 radical (unpaired) electrons. The lowest BCUT2D eigenvalue weighted by Gasteiger charge is -2.34. The summed E-state index contributed by atoms with van der Waals surface area (Å²) in [6, 6.07) is 2.09. The number of carbonyl (C=O) groups excluding carboxylic acids is 2. The molecular weight excluding hydrogens is 461 g/mol. The van der Waals surface area contributed by atoms with Gasteiger partial charge >= 0.3 is 6.18 Å². The lowest BCUT2D eigenvalue weighted by Crippen LogP contribution is -2.48. The smallest absolute Gasteiger partial charge is 0.353 e.